The van der Waals surface area contributed by atoms with Crippen LogP contribution in [-0.2, 0) is 4.74 Å². The Morgan fingerprint density at radius 3 is 2.57 bits per heavy atom. The first-order valence-electron chi connectivity index (χ1n) is 8.99. The molecule has 0 aromatic heterocycles. The molecule has 5 nitrogen and oxygen atoms in total. The van der Waals surface area contributed by atoms with E-state index in [1.807, 2.05) is 39.5 Å². The van der Waals surface area contributed by atoms with Crippen LogP contribution in [0.2, 0.25) is 0 Å². The highest BCUT2D eigenvalue weighted by molar-refractivity contribution is 5.68. The van der Waals surface area contributed by atoms with Gasteiger partial charge in [-0.1, -0.05) is 6.92 Å². The fraction of sp³-hybridized carbons (Fsp3) is 0.944. The predicted molar refractivity (Wildman–Crippen MR) is 93.6 cm³/mol. The number of nitrogens with zero attached hydrogens (tertiary/aromatic N) is 1. The first-order valence-corrected chi connectivity index (χ1v) is 8.99. The molecule has 3 atom stereocenters. The number of rotatable bonds is 6. The molecule has 0 aliphatic carbocycles. The smallest absolute Gasteiger partial charge is 0.410 e. The largest absolute Gasteiger partial charge is 0.444 e. The van der Waals surface area contributed by atoms with E-state index in [4.69, 9.17) is 4.74 Å². The minimum absolute atomic E-state index is 0.199. The zero-order valence-electron chi connectivity index (χ0n) is 15.8. The van der Waals surface area contributed by atoms with Gasteiger partial charge in [0, 0.05) is 25.2 Å². The molecular formula is C18H36N2O3. The molecule has 0 aromatic carbocycles. The standard InChI is InChI=1S/C18H36N2O3/c1-7-18(6,22)13-19-14(2)12-15-10-8-9-11-20(15)16(21)23-17(3,4)5/h14-15,19,22H,7-13H2,1-6H3. The van der Waals surface area contributed by atoms with E-state index in [2.05, 4.69) is 12.2 Å². The van der Waals surface area contributed by atoms with Gasteiger partial charge in [-0.15, -0.1) is 0 Å². The van der Waals surface area contributed by atoms with Crippen molar-refractivity contribution in [1.29, 1.82) is 0 Å². The Morgan fingerprint density at radius 1 is 1.35 bits per heavy atom. The van der Waals surface area contributed by atoms with Gasteiger partial charge in [0.2, 0.25) is 0 Å². The van der Waals surface area contributed by atoms with E-state index in [1.54, 1.807) is 0 Å². The topological polar surface area (TPSA) is 61.8 Å². The molecule has 0 radical (unpaired) electrons. The number of carbonyl (C=O) groups excluding carboxylic acids is 1. The highest BCUT2D eigenvalue weighted by Crippen LogP contribution is 2.23. The van der Waals surface area contributed by atoms with Gasteiger partial charge in [-0.2, -0.15) is 0 Å². The molecule has 0 saturated carbocycles. The third kappa shape index (κ3) is 7.53. The third-order valence-corrected chi connectivity index (χ3v) is 4.47. The van der Waals surface area contributed by atoms with Crippen LogP contribution in [0.25, 0.3) is 0 Å². The number of likely N-dealkylation sites (tertiary alicyclic amines) is 1. The summed E-state index contributed by atoms with van der Waals surface area (Å²) in [6.07, 6.45) is 4.63. The molecular weight excluding hydrogens is 292 g/mol. The Bertz CT molecular complexity index is 377. The van der Waals surface area contributed by atoms with Crippen LogP contribution in [-0.4, -0.2) is 52.5 Å². The molecule has 1 heterocycles. The van der Waals surface area contributed by atoms with Gasteiger partial charge in [0.1, 0.15) is 5.60 Å². The van der Waals surface area contributed by atoms with Crippen molar-refractivity contribution >= 4 is 6.09 Å². The van der Waals surface area contributed by atoms with Gasteiger partial charge in [0.25, 0.3) is 0 Å². The number of piperidine rings is 1. The van der Waals surface area contributed by atoms with Gasteiger partial charge < -0.3 is 20.1 Å². The third-order valence-electron chi connectivity index (χ3n) is 4.47. The summed E-state index contributed by atoms with van der Waals surface area (Å²) >= 11 is 0. The molecule has 2 N–H and O–H groups in total. The maximum Gasteiger partial charge on any atom is 0.410 e. The summed E-state index contributed by atoms with van der Waals surface area (Å²) in [5.74, 6) is 0. The molecule has 0 bridgehead atoms. The quantitative estimate of drug-likeness (QED) is 0.785. The zero-order valence-corrected chi connectivity index (χ0v) is 15.8. The molecule has 0 spiro atoms. The van der Waals surface area contributed by atoms with Crippen molar-refractivity contribution in [3.8, 4) is 0 Å². The van der Waals surface area contributed by atoms with E-state index in [0.29, 0.717) is 6.54 Å². The van der Waals surface area contributed by atoms with Crippen molar-refractivity contribution in [2.75, 3.05) is 13.1 Å². The van der Waals surface area contributed by atoms with Crippen LogP contribution in [0, 0.1) is 0 Å². The van der Waals surface area contributed by atoms with Gasteiger partial charge in [0.05, 0.1) is 5.60 Å². The number of carbonyl (C=O) groups is 1. The molecule has 1 aliphatic heterocycles. The van der Waals surface area contributed by atoms with Gasteiger partial charge in [-0.05, 0) is 66.7 Å². The van der Waals surface area contributed by atoms with Crippen LogP contribution in [0.5, 0.6) is 0 Å². The van der Waals surface area contributed by atoms with Gasteiger partial charge in [-0.25, -0.2) is 4.79 Å². The fourth-order valence-corrected chi connectivity index (χ4v) is 2.82. The number of nitrogens with one attached hydrogen (secondary N) is 1. The molecule has 1 saturated heterocycles. The Labute approximate surface area is 141 Å². The number of aliphatic hydroxyl groups is 1. The second kappa shape index (κ2) is 8.34. The maximum atomic E-state index is 12.4. The second-order valence-electron chi connectivity index (χ2n) is 8.19. The zero-order chi connectivity index (χ0) is 17.7. The van der Waals surface area contributed by atoms with Crippen molar-refractivity contribution < 1.29 is 14.6 Å². The van der Waals surface area contributed by atoms with E-state index in [9.17, 15) is 9.90 Å². The van der Waals surface area contributed by atoms with Crippen molar-refractivity contribution in [3.05, 3.63) is 0 Å². The Balaban J connectivity index is 2.56. The fourth-order valence-electron chi connectivity index (χ4n) is 2.82. The van der Waals surface area contributed by atoms with E-state index >= 15 is 0 Å². The minimum atomic E-state index is -0.675. The highest BCUT2D eigenvalue weighted by atomic mass is 16.6. The molecule has 0 aromatic rings. The predicted octanol–water partition coefficient (Wildman–Crippen LogP) is 3.31. The summed E-state index contributed by atoms with van der Waals surface area (Å²) in [6, 6.07) is 0.466. The lowest BCUT2D eigenvalue weighted by molar-refractivity contribution is 0.00695. The van der Waals surface area contributed by atoms with Crippen LogP contribution in [0.4, 0.5) is 4.79 Å². The summed E-state index contributed by atoms with van der Waals surface area (Å²) in [6.45, 7) is 13.0. The van der Waals surface area contributed by atoms with E-state index in [0.717, 1.165) is 38.6 Å². The molecule has 23 heavy (non-hydrogen) atoms. The normalized spacial score (nSPS) is 23.3. The number of amides is 1. The van der Waals surface area contributed by atoms with Gasteiger partial charge in [0.15, 0.2) is 0 Å². The SMILES string of the molecule is CCC(C)(O)CNC(C)CC1CCCCN1C(=O)OC(C)(C)C. The first-order chi connectivity index (χ1) is 10.5. The number of hydrogen-bond acceptors (Lipinski definition) is 4. The van der Waals surface area contributed by atoms with Gasteiger partial charge in [-0.3, -0.25) is 0 Å². The number of ether oxygens (including phenoxy) is 1. The highest BCUT2D eigenvalue weighted by Gasteiger charge is 2.31. The van der Waals surface area contributed by atoms with E-state index < -0.39 is 11.2 Å². The lowest BCUT2D eigenvalue weighted by Gasteiger charge is -2.38. The molecule has 3 unspecified atom stereocenters. The average molecular weight is 328 g/mol. The lowest BCUT2D eigenvalue weighted by atomic mass is 9.96. The molecule has 1 fully saturated rings. The Morgan fingerprint density at radius 2 is 2.00 bits per heavy atom. The van der Waals surface area contributed by atoms with Crippen molar-refractivity contribution in [1.82, 2.24) is 10.2 Å². The molecule has 5 heteroatoms. The monoisotopic (exact) mass is 328 g/mol. The molecule has 136 valence electrons. The molecule has 1 rings (SSSR count). The average Bonchev–Trinajstić information content (AvgIpc) is 2.44. The summed E-state index contributed by atoms with van der Waals surface area (Å²) in [5.41, 5.74) is -1.13. The van der Waals surface area contributed by atoms with Crippen molar-refractivity contribution in [2.45, 2.75) is 96.9 Å². The lowest BCUT2D eigenvalue weighted by Crippen LogP contribution is -2.49. The minimum Gasteiger partial charge on any atom is -0.444 e. The first kappa shape index (κ1) is 20.2. The van der Waals surface area contributed by atoms with Crippen LogP contribution in [0.3, 0.4) is 0 Å². The summed E-state index contributed by atoms with van der Waals surface area (Å²) < 4.78 is 5.55. The number of hydrogen-bond donors (Lipinski definition) is 2. The molecule has 1 amide bonds. The van der Waals surface area contributed by atoms with Crippen molar-refractivity contribution in [3.63, 3.8) is 0 Å². The Hall–Kier alpha value is -0.810. The van der Waals surface area contributed by atoms with Crippen LogP contribution >= 0.6 is 0 Å². The maximum absolute atomic E-state index is 12.4. The summed E-state index contributed by atoms with van der Waals surface area (Å²) in [4.78, 5) is 14.3. The molecule has 1 aliphatic rings. The van der Waals surface area contributed by atoms with Crippen LogP contribution < -0.4 is 5.32 Å². The van der Waals surface area contributed by atoms with Crippen LogP contribution in [0.15, 0.2) is 0 Å². The summed E-state index contributed by atoms with van der Waals surface area (Å²) in [5, 5.41) is 13.5. The van der Waals surface area contributed by atoms with Crippen molar-refractivity contribution in [2.24, 2.45) is 0 Å². The van der Waals surface area contributed by atoms with Gasteiger partial charge >= 0.3 is 6.09 Å². The Kier molecular flexibility index (Phi) is 7.33. The van der Waals surface area contributed by atoms with E-state index in [1.165, 1.54) is 0 Å². The van der Waals surface area contributed by atoms with E-state index in [-0.39, 0.29) is 18.2 Å². The second-order valence-corrected chi connectivity index (χ2v) is 8.19. The van der Waals surface area contributed by atoms with Crippen LogP contribution in [0.1, 0.15) is 73.6 Å². The summed E-state index contributed by atoms with van der Waals surface area (Å²) in [7, 11) is 0.